The van der Waals surface area contributed by atoms with Gasteiger partial charge in [-0.2, -0.15) is 0 Å². The highest BCUT2D eigenvalue weighted by Gasteiger charge is 2.19. The SMILES string of the molecule is CN1CCNC(CN(C)CCC2CCOCC2)C1. The van der Waals surface area contributed by atoms with Gasteiger partial charge >= 0.3 is 0 Å². The predicted molar refractivity (Wildman–Crippen MR) is 74.9 cm³/mol. The van der Waals surface area contributed by atoms with Crippen LogP contribution in [0, 0.1) is 5.92 Å². The van der Waals surface area contributed by atoms with Gasteiger partial charge in [-0.05, 0) is 45.8 Å². The normalized spacial score (nSPS) is 27.8. The van der Waals surface area contributed by atoms with E-state index in [0.29, 0.717) is 6.04 Å². The molecule has 0 radical (unpaired) electrons. The molecule has 106 valence electrons. The summed E-state index contributed by atoms with van der Waals surface area (Å²) in [5.74, 6) is 0.892. The number of hydrogen-bond acceptors (Lipinski definition) is 4. The van der Waals surface area contributed by atoms with Gasteiger partial charge in [0.15, 0.2) is 0 Å². The quantitative estimate of drug-likeness (QED) is 0.780. The lowest BCUT2D eigenvalue weighted by molar-refractivity contribution is 0.0603. The summed E-state index contributed by atoms with van der Waals surface area (Å²) in [5, 5.41) is 3.62. The monoisotopic (exact) mass is 255 g/mol. The second-order valence-electron chi connectivity index (χ2n) is 6.02. The maximum absolute atomic E-state index is 5.41. The van der Waals surface area contributed by atoms with Gasteiger partial charge in [-0.15, -0.1) is 0 Å². The van der Waals surface area contributed by atoms with E-state index < -0.39 is 0 Å². The van der Waals surface area contributed by atoms with Crippen LogP contribution in [0.1, 0.15) is 19.3 Å². The first-order chi connectivity index (χ1) is 8.74. The van der Waals surface area contributed by atoms with Gasteiger partial charge in [0.2, 0.25) is 0 Å². The molecule has 1 unspecified atom stereocenters. The topological polar surface area (TPSA) is 27.7 Å². The van der Waals surface area contributed by atoms with Crippen molar-refractivity contribution in [3.05, 3.63) is 0 Å². The van der Waals surface area contributed by atoms with Crippen molar-refractivity contribution in [2.75, 3.05) is 60.0 Å². The van der Waals surface area contributed by atoms with Gasteiger partial charge in [0.05, 0.1) is 0 Å². The van der Waals surface area contributed by atoms with E-state index in [-0.39, 0.29) is 0 Å². The first kappa shape index (κ1) is 14.3. The number of piperazine rings is 1. The van der Waals surface area contributed by atoms with E-state index in [0.717, 1.165) is 25.7 Å². The minimum atomic E-state index is 0.642. The van der Waals surface area contributed by atoms with E-state index in [1.54, 1.807) is 0 Å². The molecule has 1 N–H and O–H groups in total. The summed E-state index contributed by atoms with van der Waals surface area (Å²) in [7, 11) is 4.48. The molecule has 0 amide bonds. The Morgan fingerprint density at radius 1 is 1.33 bits per heavy atom. The molecule has 2 aliphatic rings. The van der Waals surface area contributed by atoms with Gasteiger partial charge in [-0.25, -0.2) is 0 Å². The molecule has 2 fully saturated rings. The van der Waals surface area contributed by atoms with Crippen molar-refractivity contribution in [2.45, 2.75) is 25.3 Å². The van der Waals surface area contributed by atoms with Crippen molar-refractivity contribution in [2.24, 2.45) is 5.92 Å². The predicted octanol–water partition coefficient (Wildman–Crippen LogP) is 0.639. The van der Waals surface area contributed by atoms with Crippen LogP contribution in [0.3, 0.4) is 0 Å². The van der Waals surface area contributed by atoms with E-state index in [9.17, 15) is 0 Å². The van der Waals surface area contributed by atoms with E-state index in [1.165, 1.54) is 45.4 Å². The zero-order chi connectivity index (χ0) is 12.8. The number of likely N-dealkylation sites (N-methyl/N-ethyl adjacent to an activating group) is 2. The minimum Gasteiger partial charge on any atom is -0.381 e. The third kappa shape index (κ3) is 4.84. The zero-order valence-electron chi connectivity index (χ0n) is 12.0. The van der Waals surface area contributed by atoms with Crippen molar-refractivity contribution in [1.82, 2.24) is 15.1 Å². The number of nitrogens with one attached hydrogen (secondary N) is 1. The standard InChI is InChI=1S/C14H29N3O/c1-16(7-3-13-4-9-18-10-5-13)11-14-12-17(2)8-6-15-14/h13-15H,3-12H2,1-2H3. The lowest BCUT2D eigenvalue weighted by atomic mass is 9.96. The molecule has 2 heterocycles. The van der Waals surface area contributed by atoms with E-state index in [1.807, 2.05) is 0 Å². The zero-order valence-corrected chi connectivity index (χ0v) is 12.0. The van der Waals surface area contributed by atoms with Crippen molar-refractivity contribution in [1.29, 1.82) is 0 Å². The Kier molecular flexibility index (Phi) is 5.89. The molecular weight excluding hydrogens is 226 g/mol. The molecule has 0 aliphatic carbocycles. The lowest BCUT2D eigenvalue weighted by Gasteiger charge is -2.34. The van der Waals surface area contributed by atoms with Gasteiger partial charge < -0.3 is 19.9 Å². The Balaban J connectivity index is 1.60. The Labute approximate surface area is 112 Å². The van der Waals surface area contributed by atoms with Crippen molar-refractivity contribution < 1.29 is 4.74 Å². The highest BCUT2D eigenvalue weighted by molar-refractivity contribution is 4.79. The molecule has 4 heteroatoms. The maximum Gasteiger partial charge on any atom is 0.0468 e. The Bertz CT molecular complexity index is 231. The number of rotatable bonds is 5. The molecule has 2 aliphatic heterocycles. The number of nitrogens with zero attached hydrogens (tertiary/aromatic N) is 2. The summed E-state index contributed by atoms with van der Waals surface area (Å²) < 4.78 is 5.41. The molecular formula is C14H29N3O. The van der Waals surface area contributed by atoms with Crippen LogP contribution in [-0.4, -0.2) is 75.9 Å². The Morgan fingerprint density at radius 3 is 2.83 bits per heavy atom. The fourth-order valence-electron chi connectivity index (χ4n) is 3.02. The molecule has 0 aromatic carbocycles. The molecule has 0 bridgehead atoms. The first-order valence-electron chi connectivity index (χ1n) is 7.42. The molecule has 18 heavy (non-hydrogen) atoms. The Hall–Kier alpha value is -0.160. The average Bonchev–Trinajstić information content (AvgIpc) is 2.38. The van der Waals surface area contributed by atoms with Crippen LogP contribution in [0.25, 0.3) is 0 Å². The fourth-order valence-corrected chi connectivity index (χ4v) is 3.02. The van der Waals surface area contributed by atoms with Crippen LogP contribution in [0.15, 0.2) is 0 Å². The van der Waals surface area contributed by atoms with Crippen molar-refractivity contribution in [3.63, 3.8) is 0 Å². The van der Waals surface area contributed by atoms with Crippen LogP contribution in [0.5, 0.6) is 0 Å². The van der Waals surface area contributed by atoms with Gasteiger partial charge in [0.25, 0.3) is 0 Å². The van der Waals surface area contributed by atoms with E-state index in [2.05, 4.69) is 29.2 Å². The van der Waals surface area contributed by atoms with Gasteiger partial charge in [0, 0.05) is 45.4 Å². The van der Waals surface area contributed by atoms with Gasteiger partial charge in [0.1, 0.15) is 0 Å². The third-order valence-corrected chi connectivity index (χ3v) is 4.25. The van der Waals surface area contributed by atoms with Crippen LogP contribution in [0.4, 0.5) is 0 Å². The highest BCUT2D eigenvalue weighted by atomic mass is 16.5. The molecule has 0 aromatic heterocycles. The minimum absolute atomic E-state index is 0.642. The summed E-state index contributed by atoms with van der Waals surface area (Å²) in [6.07, 6.45) is 3.86. The van der Waals surface area contributed by atoms with Crippen molar-refractivity contribution in [3.8, 4) is 0 Å². The maximum atomic E-state index is 5.41. The molecule has 4 nitrogen and oxygen atoms in total. The molecule has 1 atom stereocenters. The second kappa shape index (κ2) is 7.43. The van der Waals surface area contributed by atoms with Gasteiger partial charge in [-0.3, -0.25) is 0 Å². The number of hydrogen-bond donors (Lipinski definition) is 1. The van der Waals surface area contributed by atoms with Crippen LogP contribution in [0.2, 0.25) is 0 Å². The van der Waals surface area contributed by atoms with Crippen LogP contribution >= 0.6 is 0 Å². The summed E-state index contributed by atoms with van der Waals surface area (Å²) in [6, 6.07) is 0.642. The van der Waals surface area contributed by atoms with Crippen molar-refractivity contribution >= 4 is 0 Å². The summed E-state index contributed by atoms with van der Waals surface area (Å²) in [5.41, 5.74) is 0. The summed E-state index contributed by atoms with van der Waals surface area (Å²) in [6.45, 7) is 7.85. The Morgan fingerprint density at radius 2 is 2.11 bits per heavy atom. The lowest BCUT2D eigenvalue weighted by Crippen LogP contribution is -2.53. The first-order valence-corrected chi connectivity index (χ1v) is 7.42. The molecule has 0 aromatic rings. The summed E-state index contributed by atoms with van der Waals surface area (Å²) >= 11 is 0. The average molecular weight is 255 g/mol. The van der Waals surface area contributed by atoms with Gasteiger partial charge in [-0.1, -0.05) is 0 Å². The molecule has 2 rings (SSSR count). The fraction of sp³-hybridized carbons (Fsp3) is 1.00. The molecule has 0 saturated carbocycles. The summed E-state index contributed by atoms with van der Waals surface area (Å²) in [4.78, 5) is 4.92. The van der Waals surface area contributed by atoms with Crippen LogP contribution in [-0.2, 0) is 4.74 Å². The molecule has 2 saturated heterocycles. The van der Waals surface area contributed by atoms with E-state index in [4.69, 9.17) is 4.74 Å². The largest absolute Gasteiger partial charge is 0.381 e. The van der Waals surface area contributed by atoms with E-state index >= 15 is 0 Å². The number of ether oxygens (including phenoxy) is 1. The molecule has 0 spiro atoms. The smallest absolute Gasteiger partial charge is 0.0468 e. The highest BCUT2D eigenvalue weighted by Crippen LogP contribution is 2.18. The van der Waals surface area contributed by atoms with Crippen LogP contribution < -0.4 is 5.32 Å². The third-order valence-electron chi connectivity index (χ3n) is 4.25. The second-order valence-corrected chi connectivity index (χ2v) is 6.02.